The number of benzene rings is 2. The predicted molar refractivity (Wildman–Crippen MR) is 122 cm³/mol. The maximum Gasteiger partial charge on any atom is 0.219 e. The number of carbonyl (C=O) groups excluding carboxylic acids is 1. The molecular formula is C25H30BrFN2O. The van der Waals surface area contributed by atoms with E-state index in [9.17, 15) is 9.18 Å². The van der Waals surface area contributed by atoms with Gasteiger partial charge < -0.3 is 4.90 Å². The molecule has 0 radical (unpaired) electrons. The lowest BCUT2D eigenvalue weighted by Gasteiger charge is -2.50. The SMILES string of the molecule is CC(=O)N1CCCC(c2ccccc2)(C2CCN(Cc3ccc(Br)c(F)c3)CC2)C1. The molecule has 160 valence electrons. The third-order valence-electron chi connectivity index (χ3n) is 7.08. The predicted octanol–water partition coefficient (Wildman–Crippen LogP) is 5.38. The minimum Gasteiger partial charge on any atom is -0.342 e. The Bertz CT molecular complexity index is 882. The molecule has 5 heteroatoms. The van der Waals surface area contributed by atoms with Gasteiger partial charge in [-0.25, -0.2) is 4.39 Å². The molecule has 0 spiro atoms. The van der Waals surface area contributed by atoms with Crippen molar-refractivity contribution in [2.24, 2.45) is 5.92 Å². The van der Waals surface area contributed by atoms with Gasteiger partial charge in [0.05, 0.1) is 4.47 Å². The summed E-state index contributed by atoms with van der Waals surface area (Å²) >= 11 is 3.23. The number of nitrogens with zero attached hydrogens (tertiary/aromatic N) is 2. The topological polar surface area (TPSA) is 23.6 Å². The fraction of sp³-hybridized carbons (Fsp3) is 0.480. The average Bonchev–Trinajstić information content (AvgIpc) is 2.77. The van der Waals surface area contributed by atoms with E-state index in [1.807, 2.05) is 11.0 Å². The lowest BCUT2D eigenvalue weighted by Crippen LogP contribution is -2.53. The minimum atomic E-state index is -0.197. The molecule has 1 amide bonds. The number of halogens is 2. The van der Waals surface area contributed by atoms with Crippen molar-refractivity contribution >= 4 is 21.8 Å². The van der Waals surface area contributed by atoms with Gasteiger partial charge in [0, 0.05) is 32.0 Å². The van der Waals surface area contributed by atoms with Crippen molar-refractivity contribution < 1.29 is 9.18 Å². The van der Waals surface area contributed by atoms with E-state index in [-0.39, 0.29) is 17.1 Å². The number of piperidine rings is 2. The molecule has 2 saturated heterocycles. The molecule has 0 N–H and O–H groups in total. The van der Waals surface area contributed by atoms with E-state index in [1.165, 1.54) is 5.56 Å². The first kappa shape index (κ1) is 21.5. The second-order valence-corrected chi connectivity index (χ2v) is 9.72. The van der Waals surface area contributed by atoms with Crippen LogP contribution in [0.4, 0.5) is 4.39 Å². The second kappa shape index (κ2) is 9.19. The maximum absolute atomic E-state index is 13.9. The largest absolute Gasteiger partial charge is 0.342 e. The summed E-state index contributed by atoms with van der Waals surface area (Å²) in [5, 5.41) is 0. The van der Waals surface area contributed by atoms with Crippen LogP contribution < -0.4 is 0 Å². The van der Waals surface area contributed by atoms with Crippen molar-refractivity contribution in [1.29, 1.82) is 0 Å². The lowest BCUT2D eigenvalue weighted by molar-refractivity contribution is -0.132. The van der Waals surface area contributed by atoms with E-state index >= 15 is 0 Å². The van der Waals surface area contributed by atoms with Gasteiger partial charge in [-0.15, -0.1) is 0 Å². The fourth-order valence-corrected chi connectivity index (χ4v) is 5.71. The van der Waals surface area contributed by atoms with Crippen LogP contribution in [0.3, 0.4) is 0 Å². The van der Waals surface area contributed by atoms with Crippen LogP contribution in [0.1, 0.15) is 43.7 Å². The summed E-state index contributed by atoms with van der Waals surface area (Å²) in [7, 11) is 0. The van der Waals surface area contributed by atoms with Gasteiger partial charge in [0.2, 0.25) is 5.91 Å². The Kier molecular flexibility index (Phi) is 6.59. The van der Waals surface area contributed by atoms with Crippen LogP contribution in [0.5, 0.6) is 0 Å². The molecule has 1 atom stereocenters. The van der Waals surface area contributed by atoms with Crippen molar-refractivity contribution in [2.45, 2.75) is 44.6 Å². The van der Waals surface area contributed by atoms with E-state index in [0.29, 0.717) is 10.4 Å². The van der Waals surface area contributed by atoms with Crippen LogP contribution in [0.2, 0.25) is 0 Å². The van der Waals surface area contributed by atoms with Gasteiger partial charge in [0.15, 0.2) is 0 Å². The average molecular weight is 473 g/mol. The zero-order chi connectivity index (χ0) is 21.1. The first-order valence-electron chi connectivity index (χ1n) is 11.0. The van der Waals surface area contributed by atoms with E-state index in [1.54, 1.807) is 19.1 Å². The third kappa shape index (κ3) is 4.47. The van der Waals surface area contributed by atoms with Gasteiger partial charge in [0.25, 0.3) is 0 Å². The van der Waals surface area contributed by atoms with Crippen LogP contribution in [0, 0.1) is 11.7 Å². The smallest absolute Gasteiger partial charge is 0.219 e. The number of amides is 1. The van der Waals surface area contributed by atoms with Gasteiger partial charge in [-0.1, -0.05) is 36.4 Å². The molecule has 2 fully saturated rings. The van der Waals surface area contributed by atoms with Crippen molar-refractivity contribution in [1.82, 2.24) is 9.80 Å². The van der Waals surface area contributed by atoms with Crippen LogP contribution in [-0.4, -0.2) is 41.9 Å². The Morgan fingerprint density at radius 1 is 1.13 bits per heavy atom. The fourth-order valence-electron chi connectivity index (χ4n) is 5.47. The van der Waals surface area contributed by atoms with Crippen molar-refractivity contribution in [2.75, 3.05) is 26.2 Å². The van der Waals surface area contributed by atoms with Gasteiger partial charge in [-0.2, -0.15) is 0 Å². The first-order chi connectivity index (χ1) is 14.5. The van der Waals surface area contributed by atoms with Gasteiger partial charge in [-0.05, 0) is 83.9 Å². The van der Waals surface area contributed by atoms with Crippen LogP contribution in [0.15, 0.2) is 53.0 Å². The van der Waals surface area contributed by atoms with E-state index in [4.69, 9.17) is 0 Å². The van der Waals surface area contributed by atoms with Crippen molar-refractivity contribution in [3.63, 3.8) is 0 Å². The van der Waals surface area contributed by atoms with Crippen LogP contribution in [0.25, 0.3) is 0 Å². The normalized spacial score (nSPS) is 23.5. The molecule has 2 aromatic rings. The molecule has 0 aromatic heterocycles. The van der Waals surface area contributed by atoms with Crippen molar-refractivity contribution in [3.8, 4) is 0 Å². The molecule has 2 aromatic carbocycles. The molecule has 3 nitrogen and oxygen atoms in total. The monoisotopic (exact) mass is 472 g/mol. The number of carbonyl (C=O) groups is 1. The standard InChI is InChI=1S/C25H30BrFN2O/c1-19(30)29-13-5-12-25(18-29,21-6-3-2-4-7-21)22-10-14-28(15-11-22)17-20-8-9-23(26)24(27)16-20/h2-4,6-9,16,22H,5,10-15,17-18H2,1H3. The number of hydrogen-bond acceptors (Lipinski definition) is 2. The Labute approximate surface area is 187 Å². The summed E-state index contributed by atoms with van der Waals surface area (Å²) in [5.41, 5.74) is 2.44. The summed E-state index contributed by atoms with van der Waals surface area (Å²) in [6.45, 7) is 6.21. The van der Waals surface area contributed by atoms with Crippen LogP contribution >= 0.6 is 15.9 Å². The molecule has 0 bridgehead atoms. The zero-order valence-corrected chi connectivity index (χ0v) is 19.2. The Balaban J connectivity index is 1.49. The molecule has 2 heterocycles. The Morgan fingerprint density at radius 3 is 2.53 bits per heavy atom. The number of rotatable bonds is 4. The molecule has 30 heavy (non-hydrogen) atoms. The highest BCUT2D eigenvalue weighted by molar-refractivity contribution is 9.10. The summed E-state index contributed by atoms with van der Waals surface area (Å²) < 4.78 is 14.4. The Morgan fingerprint density at radius 2 is 1.87 bits per heavy atom. The number of hydrogen-bond donors (Lipinski definition) is 0. The molecule has 2 aliphatic rings. The van der Waals surface area contributed by atoms with Gasteiger partial charge in [0.1, 0.15) is 5.82 Å². The highest BCUT2D eigenvalue weighted by Gasteiger charge is 2.45. The summed E-state index contributed by atoms with van der Waals surface area (Å²) in [6.07, 6.45) is 4.43. The van der Waals surface area contributed by atoms with E-state index in [0.717, 1.165) is 64.0 Å². The summed E-state index contributed by atoms with van der Waals surface area (Å²) in [5.74, 6) is 0.543. The second-order valence-electron chi connectivity index (χ2n) is 8.87. The first-order valence-corrected chi connectivity index (χ1v) is 11.7. The number of likely N-dealkylation sites (tertiary alicyclic amines) is 2. The van der Waals surface area contributed by atoms with E-state index in [2.05, 4.69) is 51.2 Å². The Hall–Kier alpha value is -1.72. The molecule has 4 rings (SSSR count). The maximum atomic E-state index is 13.9. The van der Waals surface area contributed by atoms with Gasteiger partial charge >= 0.3 is 0 Å². The van der Waals surface area contributed by atoms with Crippen LogP contribution in [-0.2, 0) is 16.8 Å². The minimum absolute atomic E-state index is 0.0426. The molecule has 0 saturated carbocycles. The van der Waals surface area contributed by atoms with Crippen molar-refractivity contribution in [3.05, 3.63) is 69.9 Å². The zero-order valence-electron chi connectivity index (χ0n) is 17.6. The molecule has 1 unspecified atom stereocenters. The quantitative estimate of drug-likeness (QED) is 0.596. The highest BCUT2D eigenvalue weighted by atomic mass is 79.9. The molecule has 2 aliphatic heterocycles. The lowest BCUT2D eigenvalue weighted by atomic mass is 9.62. The summed E-state index contributed by atoms with van der Waals surface area (Å²) in [6, 6.07) is 16.2. The highest BCUT2D eigenvalue weighted by Crippen LogP contribution is 2.45. The third-order valence-corrected chi connectivity index (χ3v) is 7.72. The molecule has 0 aliphatic carbocycles. The van der Waals surface area contributed by atoms with E-state index < -0.39 is 0 Å². The molecular weight excluding hydrogens is 443 g/mol. The van der Waals surface area contributed by atoms with Gasteiger partial charge in [-0.3, -0.25) is 9.69 Å². The summed E-state index contributed by atoms with van der Waals surface area (Å²) in [4.78, 5) is 16.7.